The highest BCUT2D eigenvalue weighted by molar-refractivity contribution is 7.91. The van der Waals surface area contributed by atoms with Crippen LogP contribution in [0.3, 0.4) is 0 Å². The highest BCUT2D eigenvalue weighted by Gasteiger charge is 2.42. The smallest absolute Gasteiger partial charge is 0.150 e. The van der Waals surface area contributed by atoms with Crippen LogP contribution in [0.15, 0.2) is 0 Å². The molecular weight excluding hydrogens is 246 g/mol. The lowest BCUT2D eigenvalue weighted by atomic mass is 9.83. The van der Waals surface area contributed by atoms with Gasteiger partial charge in [-0.05, 0) is 56.8 Å². The van der Waals surface area contributed by atoms with E-state index in [9.17, 15) is 8.42 Å². The Bertz CT molecular complexity index is 392. The molecule has 2 bridgehead atoms. The Morgan fingerprint density at radius 2 is 1.78 bits per heavy atom. The summed E-state index contributed by atoms with van der Waals surface area (Å²) in [6.07, 6.45) is 7.37. The van der Waals surface area contributed by atoms with E-state index in [-0.39, 0.29) is 0 Å². The molecule has 0 spiro atoms. The van der Waals surface area contributed by atoms with Crippen LogP contribution in [0.2, 0.25) is 0 Å². The number of nitrogens with one attached hydrogen (secondary N) is 1. The summed E-state index contributed by atoms with van der Waals surface area (Å²) in [5.74, 6) is 3.56. The van der Waals surface area contributed by atoms with Crippen molar-refractivity contribution in [3.8, 4) is 0 Å². The van der Waals surface area contributed by atoms with Crippen molar-refractivity contribution in [2.24, 2.45) is 17.8 Å². The maximum Gasteiger partial charge on any atom is 0.150 e. The Kier molecular flexibility index (Phi) is 3.43. The minimum absolute atomic E-state index is 0.383. The molecule has 18 heavy (non-hydrogen) atoms. The molecule has 4 unspecified atom stereocenters. The van der Waals surface area contributed by atoms with E-state index >= 15 is 0 Å². The summed E-state index contributed by atoms with van der Waals surface area (Å²) in [5, 5.41) is 3.72. The molecule has 4 heteroatoms. The Hall–Kier alpha value is -0.0900. The fraction of sp³-hybridized carbons (Fsp3) is 1.00. The summed E-state index contributed by atoms with van der Waals surface area (Å²) in [5.41, 5.74) is 0. The normalized spacial score (nSPS) is 41.1. The number of fused-ring (bicyclic) bond motifs is 2. The van der Waals surface area contributed by atoms with Crippen LogP contribution < -0.4 is 5.32 Å². The predicted octanol–water partition coefficient (Wildman–Crippen LogP) is 1.98. The Morgan fingerprint density at radius 1 is 1.06 bits per heavy atom. The van der Waals surface area contributed by atoms with Gasteiger partial charge in [0.2, 0.25) is 0 Å². The molecule has 2 saturated carbocycles. The highest BCUT2D eigenvalue weighted by Crippen LogP contribution is 2.49. The zero-order chi connectivity index (χ0) is 12.8. The Labute approximate surface area is 111 Å². The van der Waals surface area contributed by atoms with Gasteiger partial charge in [0.15, 0.2) is 0 Å². The van der Waals surface area contributed by atoms with E-state index in [1.807, 2.05) is 0 Å². The van der Waals surface area contributed by atoms with Crippen molar-refractivity contribution in [1.29, 1.82) is 0 Å². The van der Waals surface area contributed by atoms with Crippen LogP contribution in [0.4, 0.5) is 0 Å². The highest BCUT2D eigenvalue weighted by atomic mass is 32.2. The van der Waals surface area contributed by atoms with Gasteiger partial charge in [0.25, 0.3) is 0 Å². The van der Waals surface area contributed by atoms with E-state index in [0.717, 1.165) is 30.6 Å². The van der Waals surface area contributed by atoms with Crippen molar-refractivity contribution < 1.29 is 8.42 Å². The summed E-state index contributed by atoms with van der Waals surface area (Å²) in [7, 11) is -2.72. The zero-order valence-corrected chi connectivity index (χ0v) is 12.1. The van der Waals surface area contributed by atoms with Gasteiger partial charge in [-0.3, -0.25) is 0 Å². The van der Waals surface area contributed by atoms with E-state index in [1.165, 1.54) is 25.7 Å². The van der Waals surface area contributed by atoms with Crippen molar-refractivity contribution in [2.45, 2.75) is 57.5 Å². The van der Waals surface area contributed by atoms with Crippen LogP contribution in [0.25, 0.3) is 0 Å². The van der Waals surface area contributed by atoms with Crippen molar-refractivity contribution in [3.63, 3.8) is 0 Å². The van der Waals surface area contributed by atoms with E-state index < -0.39 is 9.84 Å². The summed E-state index contributed by atoms with van der Waals surface area (Å²) in [6, 6.07) is 1.01. The molecular formula is C14H25NO2S. The SMILES string of the molecule is CC(NC1CCS(=O)(=O)CC1)C1CC2CCC1C2. The maximum absolute atomic E-state index is 11.4. The fourth-order valence-electron chi connectivity index (χ4n) is 4.46. The van der Waals surface area contributed by atoms with Crippen molar-refractivity contribution >= 4 is 9.84 Å². The molecule has 0 aromatic carbocycles. The minimum Gasteiger partial charge on any atom is -0.311 e. The van der Waals surface area contributed by atoms with Crippen LogP contribution in [-0.2, 0) is 9.84 Å². The topological polar surface area (TPSA) is 46.2 Å². The molecule has 3 fully saturated rings. The lowest BCUT2D eigenvalue weighted by Crippen LogP contribution is -2.45. The first kappa shape index (κ1) is 12.9. The van der Waals surface area contributed by atoms with Crippen LogP contribution in [0.1, 0.15) is 45.4 Å². The third-order valence-electron chi connectivity index (χ3n) is 5.49. The monoisotopic (exact) mass is 271 g/mol. The zero-order valence-electron chi connectivity index (χ0n) is 11.3. The molecule has 3 nitrogen and oxygen atoms in total. The number of sulfone groups is 1. The second-order valence-corrected chi connectivity index (χ2v) is 9.02. The van der Waals surface area contributed by atoms with Gasteiger partial charge >= 0.3 is 0 Å². The first-order valence-electron chi connectivity index (χ1n) is 7.50. The molecule has 0 radical (unpaired) electrons. The standard InChI is InChI=1S/C14H25NO2S/c1-10(14-9-11-2-3-12(14)8-11)15-13-4-6-18(16,17)7-5-13/h10-15H,2-9H2,1H3. The van der Waals surface area contributed by atoms with Crippen molar-refractivity contribution in [3.05, 3.63) is 0 Å². The average molecular weight is 271 g/mol. The van der Waals surface area contributed by atoms with E-state index in [2.05, 4.69) is 12.2 Å². The quantitative estimate of drug-likeness (QED) is 0.854. The van der Waals surface area contributed by atoms with E-state index in [4.69, 9.17) is 0 Å². The molecule has 3 aliphatic rings. The molecule has 1 N–H and O–H groups in total. The molecule has 104 valence electrons. The molecule has 0 amide bonds. The first-order chi connectivity index (χ1) is 8.53. The average Bonchev–Trinajstić information content (AvgIpc) is 2.94. The van der Waals surface area contributed by atoms with Crippen LogP contribution in [0.5, 0.6) is 0 Å². The molecule has 1 aliphatic heterocycles. The van der Waals surface area contributed by atoms with Gasteiger partial charge in [0, 0.05) is 12.1 Å². The van der Waals surface area contributed by atoms with Crippen molar-refractivity contribution in [1.82, 2.24) is 5.32 Å². The van der Waals surface area contributed by atoms with Gasteiger partial charge in [-0.1, -0.05) is 6.42 Å². The first-order valence-corrected chi connectivity index (χ1v) is 9.32. The summed E-state index contributed by atoms with van der Waals surface area (Å²) < 4.78 is 22.8. The number of hydrogen-bond acceptors (Lipinski definition) is 3. The minimum atomic E-state index is -2.72. The van der Waals surface area contributed by atoms with Crippen LogP contribution in [-0.4, -0.2) is 32.0 Å². The van der Waals surface area contributed by atoms with Crippen LogP contribution >= 0.6 is 0 Å². The summed E-state index contributed by atoms with van der Waals surface area (Å²) in [6.45, 7) is 2.31. The van der Waals surface area contributed by atoms with Gasteiger partial charge in [-0.2, -0.15) is 0 Å². The Morgan fingerprint density at radius 3 is 2.33 bits per heavy atom. The molecule has 1 heterocycles. The molecule has 1 saturated heterocycles. The maximum atomic E-state index is 11.4. The molecule has 2 aliphatic carbocycles. The number of rotatable bonds is 3. The lowest BCUT2D eigenvalue weighted by Gasteiger charge is -2.33. The largest absolute Gasteiger partial charge is 0.311 e. The molecule has 0 aromatic heterocycles. The van der Waals surface area contributed by atoms with Gasteiger partial charge in [-0.25, -0.2) is 8.42 Å². The summed E-state index contributed by atoms with van der Waals surface area (Å²) >= 11 is 0. The Balaban J connectivity index is 1.51. The second kappa shape index (κ2) is 4.78. The van der Waals surface area contributed by atoms with Crippen molar-refractivity contribution in [2.75, 3.05) is 11.5 Å². The lowest BCUT2D eigenvalue weighted by molar-refractivity contribution is 0.240. The second-order valence-electron chi connectivity index (χ2n) is 6.72. The summed E-state index contributed by atoms with van der Waals surface area (Å²) in [4.78, 5) is 0. The fourth-order valence-corrected chi connectivity index (χ4v) is 5.95. The third-order valence-corrected chi connectivity index (χ3v) is 7.20. The molecule has 4 atom stereocenters. The number of hydrogen-bond donors (Lipinski definition) is 1. The van der Waals surface area contributed by atoms with Gasteiger partial charge in [-0.15, -0.1) is 0 Å². The van der Waals surface area contributed by atoms with Crippen LogP contribution in [0, 0.1) is 17.8 Å². The van der Waals surface area contributed by atoms with E-state index in [0.29, 0.717) is 23.6 Å². The van der Waals surface area contributed by atoms with Gasteiger partial charge < -0.3 is 5.32 Å². The molecule has 3 rings (SSSR count). The van der Waals surface area contributed by atoms with E-state index in [1.54, 1.807) is 0 Å². The molecule has 0 aromatic rings. The third kappa shape index (κ3) is 2.60. The predicted molar refractivity (Wildman–Crippen MR) is 73.2 cm³/mol. The van der Waals surface area contributed by atoms with Gasteiger partial charge in [0.1, 0.15) is 9.84 Å². The van der Waals surface area contributed by atoms with Gasteiger partial charge in [0.05, 0.1) is 11.5 Å².